The Balaban J connectivity index is 2.54. The Morgan fingerprint density at radius 2 is 2.42 bits per heavy atom. The summed E-state index contributed by atoms with van der Waals surface area (Å²) in [5.74, 6) is 0.00792. The molecular weight excluding hydrogens is 154 g/mol. The zero-order valence-corrected chi connectivity index (χ0v) is 6.73. The molecule has 4 heteroatoms. The van der Waals surface area contributed by atoms with Crippen molar-refractivity contribution in [1.29, 1.82) is 0 Å². The average molecular weight is 165 g/mol. The largest absolute Gasteiger partial charge is 0.330 e. The molecule has 0 aromatic carbocycles. The smallest absolute Gasteiger partial charge is 0.183 e. The zero-order valence-electron chi connectivity index (χ0n) is 6.73. The molecule has 1 aromatic rings. The van der Waals surface area contributed by atoms with Gasteiger partial charge in [0.05, 0.1) is 0 Å². The minimum atomic E-state index is 0.00792. The summed E-state index contributed by atoms with van der Waals surface area (Å²) >= 11 is 0. The third kappa shape index (κ3) is 2.39. The van der Waals surface area contributed by atoms with Crippen LogP contribution >= 0.6 is 0 Å². The van der Waals surface area contributed by atoms with Crippen LogP contribution in [0.3, 0.4) is 0 Å². The molecule has 0 spiro atoms. The fraction of sp³-hybridized carbons (Fsp3) is 0.375. The number of rotatable bonds is 4. The lowest BCUT2D eigenvalue weighted by atomic mass is 10.1. The lowest BCUT2D eigenvalue weighted by Gasteiger charge is -1.95. The van der Waals surface area contributed by atoms with Crippen LogP contribution in [0.2, 0.25) is 0 Å². The molecule has 0 unspecified atom stereocenters. The van der Waals surface area contributed by atoms with Crippen LogP contribution in [-0.4, -0.2) is 22.5 Å². The number of ketones is 1. The average Bonchev–Trinajstić information content (AvgIpc) is 2.15. The van der Waals surface area contributed by atoms with Crippen molar-refractivity contribution in [1.82, 2.24) is 10.2 Å². The standard InChI is InChI=1S/C8H11N3O/c9-5-1-4-8(12)7-3-2-6-10-11-7/h2-3,6H,1,4-5,9H2. The molecule has 4 nitrogen and oxygen atoms in total. The van der Waals surface area contributed by atoms with E-state index in [1.807, 2.05) is 0 Å². The van der Waals surface area contributed by atoms with Gasteiger partial charge in [0.2, 0.25) is 0 Å². The second kappa shape index (κ2) is 4.56. The fourth-order valence-electron chi connectivity index (χ4n) is 0.841. The second-order valence-corrected chi connectivity index (χ2v) is 2.42. The van der Waals surface area contributed by atoms with Gasteiger partial charge in [-0.25, -0.2) is 0 Å². The Hall–Kier alpha value is -1.29. The number of hydrogen-bond acceptors (Lipinski definition) is 4. The molecule has 12 heavy (non-hydrogen) atoms. The van der Waals surface area contributed by atoms with Gasteiger partial charge in [-0.3, -0.25) is 4.79 Å². The molecule has 2 N–H and O–H groups in total. The zero-order chi connectivity index (χ0) is 8.81. The van der Waals surface area contributed by atoms with E-state index in [2.05, 4.69) is 10.2 Å². The minimum Gasteiger partial charge on any atom is -0.330 e. The molecule has 0 amide bonds. The summed E-state index contributed by atoms with van der Waals surface area (Å²) in [6.45, 7) is 0.534. The molecule has 0 bridgehead atoms. The highest BCUT2D eigenvalue weighted by Gasteiger charge is 2.05. The molecule has 1 aromatic heterocycles. The first kappa shape index (κ1) is 8.80. The van der Waals surface area contributed by atoms with Crippen molar-refractivity contribution in [2.45, 2.75) is 12.8 Å². The first-order valence-electron chi connectivity index (χ1n) is 3.85. The van der Waals surface area contributed by atoms with Gasteiger partial charge < -0.3 is 5.73 Å². The molecule has 0 aliphatic rings. The van der Waals surface area contributed by atoms with Gasteiger partial charge >= 0.3 is 0 Å². The molecule has 0 aliphatic heterocycles. The van der Waals surface area contributed by atoms with Crippen molar-refractivity contribution in [2.24, 2.45) is 5.73 Å². The maximum atomic E-state index is 11.2. The minimum absolute atomic E-state index is 0.00792. The van der Waals surface area contributed by atoms with E-state index in [1.165, 1.54) is 0 Å². The maximum absolute atomic E-state index is 11.2. The third-order valence-electron chi connectivity index (χ3n) is 1.47. The molecule has 0 saturated heterocycles. The number of nitrogens with zero attached hydrogens (tertiary/aromatic N) is 2. The Morgan fingerprint density at radius 3 is 3.00 bits per heavy atom. The number of Topliss-reactive ketones (excluding diaryl/α,β-unsaturated/α-hetero) is 1. The van der Waals surface area contributed by atoms with Gasteiger partial charge in [-0.05, 0) is 25.1 Å². The van der Waals surface area contributed by atoms with E-state index in [9.17, 15) is 4.79 Å². The third-order valence-corrected chi connectivity index (χ3v) is 1.47. The predicted octanol–water partition coefficient (Wildman–Crippen LogP) is 0.398. The van der Waals surface area contributed by atoms with E-state index in [-0.39, 0.29) is 5.78 Å². The number of hydrogen-bond donors (Lipinski definition) is 1. The van der Waals surface area contributed by atoms with E-state index in [4.69, 9.17) is 5.73 Å². The fourth-order valence-corrected chi connectivity index (χ4v) is 0.841. The van der Waals surface area contributed by atoms with Crippen LogP contribution in [0.4, 0.5) is 0 Å². The van der Waals surface area contributed by atoms with Gasteiger partial charge in [-0.2, -0.15) is 5.10 Å². The molecule has 64 valence electrons. The number of nitrogens with two attached hydrogens (primary N) is 1. The quantitative estimate of drug-likeness (QED) is 0.655. The molecule has 1 rings (SSSR count). The van der Waals surface area contributed by atoms with Crippen molar-refractivity contribution in [3.05, 3.63) is 24.0 Å². The van der Waals surface area contributed by atoms with Crippen LogP contribution in [0.5, 0.6) is 0 Å². The Kier molecular flexibility index (Phi) is 3.35. The molecule has 0 aliphatic carbocycles. The topological polar surface area (TPSA) is 68.9 Å². The van der Waals surface area contributed by atoms with Crippen LogP contribution in [0.15, 0.2) is 18.3 Å². The molecule has 0 radical (unpaired) electrons. The summed E-state index contributed by atoms with van der Waals surface area (Å²) < 4.78 is 0. The highest BCUT2D eigenvalue weighted by molar-refractivity contribution is 5.93. The summed E-state index contributed by atoms with van der Waals surface area (Å²) in [5, 5.41) is 7.30. The van der Waals surface area contributed by atoms with Crippen LogP contribution in [0.25, 0.3) is 0 Å². The summed E-state index contributed by atoms with van der Waals surface area (Å²) in [7, 11) is 0. The summed E-state index contributed by atoms with van der Waals surface area (Å²) in [4.78, 5) is 11.2. The Bertz CT molecular complexity index is 248. The molecule has 0 fully saturated rings. The Labute approximate surface area is 70.8 Å². The van der Waals surface area contributed by atoms with Crippen LogP contribution in [0, 0.1) is 0 Å². The van der Waals surface area contributed by atoms with Crippen LogP contribution < -0.4 is 5.73 Å². The van der Waals surface area contributed by atoms with Gasteiger partial charge in [-0.1, -0.05) is 0 Å². The predicted molar refractivity (Wildman–Crippen MR) is 44.7 cm³/mol. The van der Waals surface area contributed by atoms with Crippen molar-refractivity contribution >= 4 is 5.78 Å². The van der Waals surface area contributed by atoms with Gasteiger partial charge in [0.15, 0.2) is 5.78 Å². The summed E-state index contributed by atoms with van der Waals surface area (Å²) in [6, 6.07) is 3.36. The van der Waals surface area contributed by atoms with E-state index < -0.39 is 0 Å². The van der Waals surface area contributed by atoms with Crippen molar-refractivity contribution in [2.75, 3.05) is 6.54 Å². The molecular formula is C8H11N3O. The number of carbonyl (C=O) groups excluding carboxylic acids is 1. The van der Waals surface area contributed by atoms with E-state index >= 15 is 0 Å². The molecule has 1 heterocycles. The van der Waals surface area contributed by atoms with Crippen LogP contribution in [-0.2, 0) is 0 Å². The summed E-state index contributed by atoms with van der Waals surface area (Å²) in [6.07, 6.45) is 2.70. The van der Waals surface area contributed by atoms with E-state index in [0.29, 0.717) is 25.1 Å². The summed E-state index contributed by atoms with van der Waals surface area (Å²) in [5.41, 5.74) is 5.69. The van der Waals surface area contributed by atoms with Crippen molar-refractivity contribution in [3.8, 4) is 0 Å². The SMILES string of the molecule is NCCCC(=O)c1cccnn1. The first-order chi connectivity index (χ1) is 5.84. The van der Waals surface area contributed by atoms with Crippen LogP contribution in [0.1, 0.15) is 23.3 Å². The van der Waals surface area contributed by atoms with E-state index in [0.717, 1.165) is 0 Å². The monoisotopic (exact) mass is 165 g/mol. The van der Waals surface area contributed by atoms with Crippen molar-refractivity contribution < 1.29 is 4.79 Å². The lowest BCUT2D eigenvalue weighted by Crippen LogP contribution is -2.06. The Morgan fingerprint density at radius 1 is 1.58 bits per heavy atom. The highest BCUT2D eigenvalue weighted by atomic mass is 16.1. The second-order valence-electron chi connectivity index (χ2n) is 2.42. The normalized spacial score (nSPS) is 9.75. The maximum Gasteiger partial charge on any atom is 0.183 e. The van der Waals surface area contributed by atoms with Gasteiger partial charge in [0, 0.05) is 12.6 Å². The number of aromatic nitrogens is 2. The van der Waals surface area contributed by atoms with Gasteiger partial charge in [0.1, 0.15) is 5.69 Å². The highest BCUT2D eigenvalue weighted by Crippen LogP contribution is 1.99. The van der Waals surface area contributed by atoms with Gasteiger partial charge in [-0.15, -0.1) is 5.10 Å². The molecule has 0 saturated carbocycles. The van der Waals surface area contributed by atoms with E-state index in [1.54, 1.807) is 18.3 Å². The first-order valence-corrected chi connectivity index (χ1v) is 3.85. The number of carbonyl (C=O) groups is 1. The van der Waals surface area contributed by atoms with Gasteiger partial charge in [0.25, 0.3) is 0 Å². The lowest BCUT2D eigenvalue weighted by molar-refractivity contribution is 0.0975. The molecule has 0 atom stereocenters. The van der Waals surface area contributed by atoms with Crippen molar-refractivity contribution in [3.63, 3.8) is 0 Å².